The summed E-state index contributed by atoms with van der Waals surface area (Å²) in [5.74, 6) is 2.74. The Bertz CT molecular complexity index is 1620. The molecule has 0 radical (unpaired) electrons. The molecule has 5 atom stereocenters. The monoisotopic (exact) mass is 746 g/mol. The molecule has 6 rings (SSSR count). The Morgan fingerprint density at radius 1 is 1.07 bits per heavy atom. The fourth-order valence-electron chi connectivity index (χ4n) is 9.00. The summed E-state index contributed by atoms with van der Waals surface area (Å²) in [5.41, 5.74) is 8.17. The van der Waals surface area contributed by atoms with Gasteiger partial charge in [0.2, 0.25) is 11.9 Å². The zero-order valence-electron chi connectivity index (χ0n) is 33.2. The Hall–Kier alpha value is -3.97. The van der Waals surface area contributed by atoms with E-state index in [1.165, 1.54) is 6.42 Å². The molecule has 296 valence electrons. The van der Waals surface area contributed by atoms with E-state index in [2.05, 4.69) is 46.2 Å². The molecule has 1 aromatic carbocycles. The minimum Gasteiger partial charge on any atom is -0.495 e. The second-order valence-corrected chi connectivity index (χ2v) is 16.4. The van der Waals surface area contributed by atoms with E-state index in [1.54, 1.807) is 37.4 Å². The Kier molecular flexibility index (Phi) is 13.0. The quantitative estimate of drug-likeness (QED) is 0.218. The van der Waals surface area contributed by atoms with E-state index >= 15 is 0 Å². The molecular formula is C41H62N8O5. The number of ether oxygens (including phenoxy) is 2. The Balaban J connectivity index is 1.01. The smallest absolute Gasteiger partial charge is 0.323 e. The highest BCUT2D eigenvalue weighted by Gasteiger charge is 2.41. The third kappa shape index (κ3) is 8.94. The first-order valence-corrected chi connectivity index (χ1v) is 20.3. The van der Waals surface area contributed by atoms with Crippen LogP contribution in [0.1, 0.15) is 109 Å². The second kappa shape index (κ2) is 17.7. The third-order valence-corrected chi connectivity index (χ3v) is 12.3. The maximum absolute atomic E-state index is 13.4. The molecule has 1 aromatic heterocycles. The van der Waals surface area contributed by atoms with Gasteiger partial charge in [-0.2, -0.15) is 4.98 Å². The Morgan fingerprint density at radius 2 is 1.81 bits per heavy atom. The topological polar surface area (TPSA) is 155 Å². The van der Waals surface area contributed by atoms with Crippen molar-refractivity contribution in [3.63, 3.8) is 0 Å². The molecule has 54 heavy (non-hydrogen) atoms. The minimum absolute atomic E-state index is 0.0417. The van der Waals surface area contributed by atoms with Crippen LogP contribution in [0.2, 0.25) is 0 Å². The molecule has 0 spiro atoms. The van der Waals surface area contributed by atoms with Gasteiger partial charge in [0.05, 0.1) is 19.0 Å². The summed E-state index contributed by atoms with van der Waals surface area (Å²) in [4.78, 5) is 55.3. The number of aromatic nitrogens is 2. The van der Waals surface area contributed by atoms with Crippen LogP contribution in [0.15, 0.2) is 24.4 Å². The van der Waals surface area contributed by atoms with E-state index in [0.717, 1.165) is 76.8 Å². The van der Waals surface area contributed by atoms with E-state index in [9.17, 15) is 14.4 Å². The van der Waals surface area contributed by atoms with E-state index < -0.39 is 6.04 Å². The van der Waals surface area contributed by atoms with Crippen molar-refractivity contribution >= 4 is 40.9 Å². The normalized spacial score (nSPS) is 24.7. The van der Waals surface area contributed by atoms with Gasteiger partial charge in [-0.3, -0.25) is 14.4 Å². The van der Waals surface area contributed by atoms with Gasteiger partial charge >= 0.3 is 5.97 Å². The average Bonchev–Trinajstić information content (AvgIpc) is 3.70. The van der Waals surface area contributed by atoms with Crippen molar-refractivity contribution in [2.75, 3.05) is 48.9 Å². The van der Waals surface area contributed by atoms with Crippen LogP contribution in [0.5, 0.6) is 5.75 Å². The van der Waals surface area contributed by atoms with Crippen molar-refractivity contribution < 1.29 is 23.9 Å². The number of anilines is 4. The van der Waals surface area contributed by atoms with Crippen LogP contribution in [0.25, 0.3) is 0 Å². The molecule has 4 aliphatic rings. The van der Waals surface area contributed by atoms with Gasteiger partial charge in [0.15, 0.2) is 5.82 Å². The summed E-state index contributed by atoms with van der Waals surface area (Å²) in [7, 11) is 3.36. The van der Waals surface area contributed by atoms with Crippen molar-refractivity contribution in [2.24, 2.45) is 23.5 Å². The number of fused-ring (bicyclic) bond motifs is 1. The summed E-state index contributed by atoms with van der Waals surface area (Å²) < 4.78 is 11.7. The largest absolute Gasteiger partial charge is 0.495 e. The highest BCUT2D eigenvalue weighted by Crippen LogP contribution is 2.41. The molecule has 1 saturated heterocycles. The van der Waals surface area contributed by atoms with E-state index in [1.807, 2.05) is 13.0 Å². The van der Waals surface area contributed by atoms with Crippen LogP contribution in [0.3, 0.4) is 0 Å². The van der Waals surface area contributed by atoms with Crippen molar-refractivity contribution in [2.45, 2.75) is 129 Å². The lowest BCUT2D eigenvalue weighted by atomic mass is 9.75. The van der Waals surface area contributed by atoms with Crippen molar-refractivity contribution in [1.82, 2.24) is 20.2 Å². The van der Waals surface area contributed by atoms with E-state index in [-0.39, 0.29) is 42.0 Å². The summed E-state index contributed by atoms with van der Waals surface area (Å²) in [5, 5.41) is 6.50. The molecule has 2 aliphatic carbocycles. The number of rotatable bonds is 13. The fourth-order valence-corrected chi connectivity index (χ4v) is 9.00. The molecule has 0 bridgehead atoms. The van der Waals surface area contributed by atoms with Crippen LogP contribution in [-0.4, -0.2) is 96.7 Å². The fraction of sp³-hybridized carbons (Fsp3) is 0.683. The maximum atomic E-state index is 13.4. The molecule has 2 amide bonds. The summed E-state index contributed by atoms with van der Waals surface area (Å²) in [6.07, 6.45) is 12.1. The maximum Gasteiger partial charge on any atom is 0.323 e. The predicted molar refractivity (Wildman–Crippen MR) is 211 cm³/mol. The molecule has 13 nitrogen and oxygen atoms in total. The molecule has 4 N–H and O–H groups in total. The third-order valence-electron chi connectivity index (χ3n) is 12.3. The van der Waals surface area contributed by atoms with Gasteiger partial charge in [0.25, 0.3) is 5.91 Å². The minimum atomic E-state index is -0.633. The van der Waals surface area contributed by atoms with Crippen LogP contribution in [0.4, 0.5) is 23.1 Å². The van der Waals surface area contributed by atoms with Gasteiger partial charge in [-0.25, -0.2) is 4.98 Å². The Morgan fingerprint density at radius 3 is 2.50 bits per heavy atom. The number of amides is 2. The molecule has 3 heterocycles. The van der Waals surface area contributed by atoms with Crippen LogP contribution >= 0.6 is 0 Å². The van der Waals surface area contributed by atoms with E-state index in [0.29, 0.717) is 59.2 Å². The SMILES string of the molecule is CC[C@@H]1C(=O)N(C)c2cnc(Nc3ccc(C(=O)NC4CCN(CC[C@H](N)C(=O)OC5C[C@H](C)CCC5C(C)C)CC4)cc3OC)nc2N1C1CCCC1. The van der Waals surface area contributed by atoms with Gasteiger partial charge in [-0.05, 0) is 87.3 Å². The number of nitrogens with two attached hydrogens (primary N) is 1. The molecule has 13 heteroatoms. The predicted octanol–water partition coefficient (Wildman–Crippen LogP) is 5.65. The first-order chi connectivity index (χ1) is 26.0. The second-order valence-electron chi connectivity index (χ2n) is 16.4. The van der Waals surface area contributed by atoms with Crippen LogP contribution in [0, 0.1) is 17.8 Å². The molecular weight excluding hydrogens is 685 g/mol. The summed E-state index contributed by atoms with van der Waals surface area (Å²) in [6, 6.07) is 4.74. The number of carbonyl (C=O) groups excluding carboxylic acids is 3. The summed E-state index contributed by atoms with van der Waals surface area (Å²) >= 11 is 0. The highest BCUT2D eigenvalue weighted by molar-refractivity contribution is 6.04. The zero-order valence-corrected chi connectivity index (χ0v) is 33.2. The molecule has 2 aromatic rings. The zero-order chi connectivity index (χ0) is 38.5. The lowest BCUT2D eigenvalue weighted by Crippen LogP contribution is -2.55. The number of likely N-dealkylation sites (N-methyl/N-ethyl adjacent to an activating group) is 1. The van der Waals surface area contributed by atoms with Crippen LogP contribution < -0.4 is 30.9 Å². The summed E-state index contributed by atoms with van der Waals surface area (Å²) in [6.45, 7) is 11.1. The number of esters is 1. The lowest BCUT2D eigenvalue weighted by molar-refractivity contribution is -0.157. The number of nitrogens with one attached hydrogen (secondary N) is 2. The number of benzene rings is 1. The van der Waals surface area contributed by atoms with Gasteiger partial charge in [-0.15, -0.1) is 0 Å². The standard InChI is InChI=1S/C41H62N8O5/c1-7-33-39(51)47(5)34-24-43-41(46-37(34)49(33)29-10-8-9-11-29)45-32-15-13-27(23-36(32)53-6)38(50)44-28-16-19-48(20-17-28)21-18-31(42)40(52)54-35-22-26(4)12-14-30(35)25(2)3/h13,15,23-26,28-31,33,35H,7-12,14,16-22,42H2,1-6H3,(H,44,50)(H,43,45,46)/t26-,30?,31+,33-,35?/m1/s1. The average molecular weight is 747 g/mol. The van der Waals surface area contributed by atoms with Gasteiger partial charge in [0.1, 0.15) is 29.6 Å². The number of likely N-dealkylation sites (tertiary alicyclic amines) is 1. The molecule has 2 aliphatic heterocycles. The first-order valence-electron chi connectivity index (χ1n) is 20.3. The molecule has 2 saturated carbocycles. The van der Waals surface area contributed by atoms with Gasteiger partial charge in [0, 0.05) is 44.3 Å². The number of piperidine rings is 1. The first kappa shape index (κ1) is 39.7. The number of hydrogen-bond donors (Lipinski definition) is 3. The van der Waals surface area contributed by atoms with Crippen molar-refractivity contribution in [3.8, 4) is 5.75 Å². The number of nitrogens with zero attached hydrogens (tertiary/aromatic N) is 5. The number of hydrogen-bond acceptors (Lipinski definition) is 11. The molecule has 2 unspecified atom stereocenters. The van der Waals surface area contributed by atoms with Crippen LogP contribution in [-0.2, 0) is 14.3 Å². The number of methoxy groups -OCH3 is 1. The van der Waals surface area contributed by atoms with Gasteiger partial charge in [-0.1, -0.05) is 47.0 Å². The lowest BCUT2D eigenvalue weighted by Gasteiger charge is -2.43. The Labute approximate surface area is 321 Å². The van der Waals surface area contributed by atoms with E-state index in [4.69, 9.17) is 20.2 Å². The number of carbonyl (C=O) groups is 3. The molecule has 3 fully saturated rings. The highest BCUT2D eigenvalue weighted by atomic mass is 16.5. The van der Waals surface area contributed by atoms with Crippen molar-refractivity contribution in [1.29, 1.82) is 0 Å². The van der Waals surface area contributed by atoms with Crippen molar-refractivity contribution in [3.05, 3.63) is 30.0 Å². The van der Waals surface area contributed by atoms with Gasteiger partial charge < -0.3 is 40.5 Å².